The average Bonchev–Trinajstić information content (AvgIpc) is 1.62. The Balaban J connectivity index is 0.000000255. The summed E-state index contributed by atoms with van der Waals surface area (Å²) in [5.74, 6) is 0.385. The molecule has 8 fully saturated rings. The van der Waals surface area contributed by atoms with Gasteiger partial charge in [0.05, 0.1) is 33.0 Å². The van der Waals surface area contributed by atoms with Gasteiger partial charge in [-0.1, -0.05) is 99.3 Å². The van der Waals surface area contributed by atoms with E-state index >= 15 is 0 Å². The van der Waals surface area contributed by atoms with E-state index in [0.717, 1.165) is 0 Å². The van der Waals surface area contributed by atoms with Crippen molar-refractivity contribution in [2.45, 2.75) is 49.6 Å². The molecule has 8 N–H and O–H groups in total. The summed E-state index contributed by atoms with van der Waals surface area (Å²) < 4.78 is 45.1. The van der Waals surface area contributed by atoms with Crippen molar-refractivity contribution in [2.24, 2.45) is 0 Å². The minimum atomic E-state index is -0.788. The van der Waals surface area contributed by atoms with Gasteiger partial charge >= 0.3 is 0 Å². The maximum Gasteiger partial charge on any atom is 0.272 e. The van der Waals surface area contributed by atoms with Crippen molar-refractivity contribution < 1.29 is 197 Å². The monoisotopic (exact) mass is 1860 g/mol. The zero-order valence-electron chi connectivity index (χ0n) is 67.9. The van der Waals surface area contributed by atoms with E-state index in [1.54, 1.807) is 48.8 Å². The molecule has 36 heteroatoms. The van der Waals surface area contributed by atoms with E-state index in [4.69, 9.17) is 8.22 Å². The molecule has 0 aromatic carbocycles. The van der Waals surface area contributed by atoms with Gasteiger partial charge in [-0.15, -0.1) is 0 Å². The summed E-state index contributed by atoms with van der Waals surface area (Å²) in [6.07, 6.45) is 19.6. The van der Waals surface area contributed by atoms with Crippen LogP contribution in [0.4, 0.5) is 0 Å². The van der Waals surface area contributed by atoms with E-state index in [9.17, 15) is 57.5 Å². The topological polar surface area (TPSA) is 398 Å². The molecule has 8 aliphatic rings. The minimum Gasteiger partial charge on any atom is -0.521 e. The zero-order valence-corrected chi connectivity index (χ0v) is 73.3. The standard InChI is InChI=1S/2C13H14N4O2.4C13H13N3O2.4Y/c2*1-9-15-12(19)13(16-9)5-7-17(8-13)11(18)10-4-2-3-6-14-10;4*1-2-14-12(17)10-6-8-16(9-10)13(18)11-5-3-4-7-15-11;;;;/h2*2-4,6,16H,1,5,7-8H2,(H,15,19);4*3-5,7H,1,6,8-9H2,(H,14,17);;;;/q;;4*-2;;;;/i4T;2T;7T;5T;4T;3T;;;;. The van der Waals surface area contributed by atoms with E-state index < -0.39 is 11.1 Å². The molecule has 32 nitrogen and oxygen atoms in total. The predicted octanol–water partition coefficient (Wildman–Crippen LogP) is 1.96. The van der Waals surface area contributed by atoms with Crippen molar-refractivity contribution in [3.63, 3.8) is 0 Å². The molecular formula is C78H80N20O12Y4-8. The minimum absolute atomic E-state index is 0. The van der Waals surface area contributed by atoms with Crippen LogP contribution in [0.25, 0.3) is 0 Å². The molecule has 2 atom stereocenters. The van der Waals surface area contributed by atoms with Crippen LogP contribution >= 0.6 is 0 Å². The largest absolute Gasteiger partial charge is 0.521 e. The van der Waals surface area contributed by atoms with Gasteiger partial charge in [-0.3, -0.25) is 68.3 Å². The van der Waals surface area contributed by atoms with Crippen LogP contribution in [0.5, 0.6) is 0 Å². The maximum atomic E-state index is 12.4. The summed E-state index contributed by atoms with van der Waals surface area (Å²) in [5, 5.41) is 20.8. The van der Waals surface area contributed by atoms with Gasteiger partial charge in [-0.25, -0.2) is 0 Å². The summed E-state index contributed by atoms with van der Waals surface area (Å²) >= 11 is 0. The molecule has 0 saturated carbocycles. The third kappa shape index (κ3) is 25.7. The molecule has 0 aliphatic carbocycles. The number of carbonyl (C=O) groups is 12. The van der Waals surface area contributed by atoms with Gasteiger partial charge in [0.25, 0.3) is 47.3 Å². The summed E-state index contributed by atoms with van der Waals surface area (Å²) in [7, 11) is 0. The second-order valence-electron chi connectivity index (χ2n) is 24.9. The van der Waals surface area contributed by atoms with E-state index in [2.05, 4.69) is 137 Å². The van der Waals surface area contributed by atoms with E-state index in [1.165, 1.54) is 90.5 Å². The number of likely N-dealkylation sites (tertiary alicyclic amines) is 6. The molecule has 584 valence electrons. The second-order valence-corrected chi connectivity index (χ2v) is 24.9. The molecule has 14 rings (SSSR count). The number of pyridine rings is 6. The van der Waals surface area contributed by atoms with Gasteiger partial charge in [-0.2, -0.15) is 76.8 Å². The van der Waals surface area contributed by atoms with Crippen LogP contribution in [-0.4, -0.2) is 220 Å². The Morgan fingerprint density at radius 2 is 0.702 bits per heavy atom. The fraction of sp³-hybridized carbons (Fsp3) is 0.256. The first-order valence-electron chi connectivity index (χ1n) is 37.1. The number of rotatable bonds is 14. The van der Waals surface area contributed by atoms with Crippen LogP contribution in [-0.2, 0) is 160 Å². The molecule has 0 bridgehead atoms. The van der Waals surface area contributed by atoms with Crippen LogP contribution in [0.15, 0.2) is 197 Å². The summed E-state index contributed by atoms with van der Waals surface area (Å²) in [6, 6.07) is 20.7. The van der Waals surface area contributed by atoms with Gasteiger partial charge in [-0.05, 0) is 112 Å². The number of nitrogens with one attached hydrogen (secondary N) is 8. The smallest absolute Gasteiger partial charge is 0.272 e. The van der Waals surface area contributed by atoms with Crippen LogP contribution in [0.3, 0.4) is 0 Å². The van der Waals surface area contributed by atoms with Crippen molar-refractivity contribution in [3.8, 4) is 0 Å². The molecule has 12 amide bonds. The normalized spacial score (nSPS) is 18.4. The third-order valence-electron chi connectivity index (χ3n) is 17.7. The molecule has 2 unspecified atom stereocenters. The first kappa shape index (κ1) is 85.4. The number of aromatic nitrogens is 6. The zero-order chi connectivity index (χ0) is 84.0. The Bertz CT molecular complexity index is 4750. The van der Waals surface area contributed by atoms with Crippen molar-refractivity contribution in [1.82, 2.24) is 102 Å². The van der Waals surface area contributed by atoms with Gasteiger partial charge in [0.2, 0.25) is 0 Å². The number of carbonyl (C=O) groups excluding carboxylic acids is 12. The fourth-order valence-electron chi connectivity index (χ4n) is 12.2. The third-order valence-corrected chi connectivity index (χ3v) is 17.7. The molecule has 4 radical (unpaired) electrons. The first-order chi connectivity index (χ1) is 55.5. The van der Waals surface area contributed by atoms with Gasteiger partial charge < -0.3 is 115 Å². The Kier molecular flexibility index (Phi) is 35.0. The van der Waals surface area contributed by atoms with Crippen LogP contribution in [0.1, 0.15) is 110 Å². The van der Waals surface area contributed by atoms with Gasteiger partial charge in [0.1, 0.15) is 45.2 Å². The number of nitrogens with zero attached hydrogens (tertiary/aromatic N) is 12. The molecule has 8 aliphatic heterocycles. The summed E-state index contributed by atoms with van der Waals surface area (Å²) in [4.78, 5) is 176. The molecular weight excluding hydrogens is 1760 g/mol. The Morgan fingerprint density at radius 3 is 1.03 bits per heavy atom. The Hall–Kier alpha value is -9.52. The van der Waals surface area contributed by atoms with Gasteiger partial charge in [0.15, 0.2) is 0 Å². The van der Waals surface area contributed by atoms with Crippen LogP contribution in [0, 0.1) is 48.5 Å². The van der Waals surface area contributed by atoms with Crippen molar-refractivity contribution in [1.29, 1.82) is 0 Å². The Labute approximate surface area is 769 Å². The summed E-state index contributed by atoms with van der Waals surface area (Å²) in [6.45, 7) is 25.0. The van der Waals surface area contributed by atoms with Crippen molar-refractivity contribution >= 4 is 70.9 Å². The average molecular weight is 1860 g/mol. The van der Waals surface area contributed by atoms with Crippen LogP contribution in [0.2, 0.25) is 0 Å². The quantitative estimate of drug-likeness (QED) is 0.0571. The molecule has 2 spiro atoms. The molecule has 6 aromatic heterocycles. The van der Waals surface area contributed by atoms with E-state index in [-0.39, 0.29) is 312 Å². The van der Waals surface area contributed by atoms with Crippen molar-refractivity contribution in [2.75, 3.05) is 78.5 Å². The van der Waals surface area contributed by atoms with E-state index in [0.29, 0.717) is 113 Å². The van der Waals surface area contributed by atoms with E-state index in [1.807, 2.05) is 0 Å². The maximum absolute atomic E-state index is 12.4. The second kappa shape index (κ2) is 46.7. The first-order valence-corrected chi connectivity index (χ1v) is 34.1. The predicted molar refractivity (Wildman–Crippen MR) is 396 cm³/mol. The number of hydrogen-bond acceptors (Lipinski definition) is 20. The van der Waals surface area contributed by atoms with Gasteiger partial charge in [0, 0.05) is 181 Å². The number of hydrogen-bond donors (Lipinski definition) is 8. The SMILES string of the molecule is [3H]c1ccc(C(=O)N2CC[C-](C(=O)N[C-]=C)C2)nc1.[3H]c1cccc(C(=O)N2CC[C-](C(=O)N[C-]=C)C2)n1.[3H]c1cccnc1C(=O)N1CCC2(C1)NC(=C)NC2=O.[3H]c1cccnc1C(=O)N1CC[C-](C(=O)N[C-]=C)C1.[3H]c1ccnc(C(=O)N2CCC3(C2)NC(=C)NC3=O)c1.[3H]c1ccnc(C(=O)N2CC[C-](C(=O)N[C-]=C)C2)c1.[Y].[Y].[Y].[Y]. The fourth-order valence-corrected chi connectivity index (χ4v) is 12.2. The van der Waals surface area contributed by atoms with Crippen molar-refractivity contribution in [3.05, 3.63) is 280 Å². The molecule has 14 heterocycles. The number of amides is 12. The Morgan fingerprint density at radius 1 is 0.386 bits per heavy atom. The molecule has 114 heavy (non-hydrogen) atoms. The van der Waals surface area contributed by atoms with Crippen LogP contribution < -0.4 is 42.5 Å². The molecule has 8 saturated heterocycles. The molecule has 6 aromatic rings. The summed E-state index contributed by atoms with van der Waals surface area (Å²) in [5.41, 5.74) is -0.371.